The molecule has 1 fully saturated rings. The molecule has 2 rings (SSSR count). The minimum atomic E-state index is 0.637. The molecule has 0 aromatic heterocycles. The van der Waals surface area contributed by atoms with Crippen molar-refractivity contribution in [1.82, 2.24) is 5.32 Å². The van der Waals surface area contributed by atoms with E-state index in [0.717, 1.165) is 12.5 Å². The Bertz CT molecular complexity index is 164. The first-order valence-electron chi connectivity index (χ1n) is 3.93. The van der Waals surface area contributed by atoms with Gasteiger partial charge >= 0.3 is 0 Å². The summed E-state index contributed by atoms with van der Waals surface area (Å²) in [4.78, 5) is 4.16. The Balaban J connectivity index is 2.08. The number of nitrogens with one attached hydrogen (secondary N) is 1. The van der Waals surface area contributed by atoms with Crippen molar-refractivity contribution >= 4 is 5.96 Å². The number of rotatable bonds is 0. The molecule has 1 heterocycles. The summed E-state index contributed by atoms with van der Waals surface area (Å²) in [6.45, 7) is 0.948. The Morgan fingerprint density at radius 1 is 1.50 bits per heavy atom. The Hall–Kier alpha value is -0.730. The van der Waals surface area contributed by atoms with E-state index in [1.165, 1.54) is 19.3 Å². The number of hydrogen-bond acceptors (Lipinski definition) is 3. The lowest BCUT2D eigenvalue weighted by atomic mass is 10.0. The van der Waals surface area contributed by atoms with Gasteiger partial charge in [0, 0.05) is 12.6 Å². The molecule has 3 nitrogen and oxygen atoms in total. The van der Waals surface area contributed by atoms with Gasteiger partial charge in [-0.25, -0.2) is 0 Å². The quantitative estimate of drug-likeness (QED) is 0.499. The molecule has 0 saturated heterocycles. The van der Waals surface area contributed by atoms with Crippen LogP contribution in [0.15, 0.2) is 4.99 Å². The van der Waals surface area contributed by atoms with Crippen molar-refractivity contribution in [3.05, 3.63) is 0 Å². The van der Waals surface area contributed by atoms with Crippen molar-refractivity contribution in [3.63, 3.8) is 0 Å². The van der Waals surface area contributed by atoms with E-state index < -0.39 is 0 Å². The lowest BCUT2D eigenvalue weighted by Crippen LogP contribution is -2.46. The predicted molar refractivity (Wildman–Crippen MR) is 40.8 cm³/mol. The van der Waals surface area contributed by atoms with Crippen LogP contribution < -0.4 is 11.1 Å². The fourth-order valence-electron chi connectivity index (χ4n) is 1.90. The molecule has 2 aliphatic rings. The van der Waals surface area contributed by atoms with E-state index in [9.17, 15) is 0 Å². The second kappa shape index (κ2) is 2.15. The van der Waals surface area contributed by atoms with E-state index in [0.29, 0.717) is 12.0 Å². The molecule has 0 aromatic rings. The summed E-state index contributed by atoms with van der Waals surface area (Å²) in [6.07, 6.45) is 3.94. The topological polar surface area (TPSA) is 50.4 Å². The van der Waals surface area contributed by atoms with Gasteiger partial charge in [-0.2, -0.15) is 0 Å². The van der Waals surface area contributed by atoms with Gasteiger partial charge in [-0.1, -0.05) is 6.42 Å². The molecule has 3 heteroatoms. The van der Waals surface area contributed by atoms with Gasteiger partial charge in [0.2, 0.25) is 0 Å². The minimum absolute atomic E-state index is 0.637. The molecule has 2 unspecified atom stereocenters. The first kappa shape index (κ1) is 6.01. The molecule has 1 saturated carbocycles. The van der Waals surface area contributed by atoms with Gasteiger partial charge in [0.15, 0.2) is 5.96 Å². The number of nitrogens with zero attached hydrogens (tertiary/aromatic N) is 1. The number of guanidine groups is 1. The van der Waals surface area contributed by atoms with Crippen molar-refractivity contribution in [2.45, 2.75) is 25.3 Å². The second-order valence-electron chi connectivity index (χ2n) is 3.17. The van der Waals surface area contributed by atoms with Crippen LogP contribution >= 0.6 is 0 Å². The van der Waals surface area contributed by atoms with Crippen LogP contribution in [0.5, 0.6) is 0 Å². The molecule has 2 atom stereocenters. The van der Waals surface area contributed by atoms with Gasteiger partial charge < -0.3 is 11.1 Å². The Labute approximate surface area is 60.7 Å². The highest BCUT2D eigenvalue weighted by Crippen LogP contribution is 2.27. The van der Waals surface area contributed by atoms with Crippen molar-refractivity contribution < 1.29 is 0 Å². The van der Waals surface area contributed by atoms with E-state index in [-0.39, 0.29) is 0 Å². The van der Waals surface area contributed by atoms with Gasteiger partial charge in [0.25, 0.3) is 0 Å². The van der Waals surface area contributed by atoms with Gasteiger partial charge in [0.1, 0.15) is 0 Å². The zero-order chi connectivity index (χ0) is 6.97. The molecule has 0 aromatic carbocycles. The Morgan fingerprint density at radius 3 is 3.30 bits per heavy atom. The molecule has 1 aliphatic heterocycles. The summed E-state index contributed by atoms with van der Waals surface area (Å²) >= 11 is 0. The number of nitrogens with two attached hydrogens (primary N) is 1. The van der Waals surface area contributed by atoms with Crippen molar-refractivity contribution in [3.8, 4) is 0 Å². The van der Waals surface area contributed by atoms with Crippen molar-refractivity contribution in [2.75, 3.05) is 6.54 Å². The monoisotopic (exact) mass is 139 g/mol. The fraction of sp³-hybridized carbons (Fsp3) is 0.857. The smallest absolute Gasteiger partial charge is 0.188 e. The first-order chi connectivity index (χ1) is 4.86. The lowest BCUT2D eigenvalue weighted by Gasteiger charge is -2.24. The molecule has 0 bridgehead atoms. The number of hydrogen-bond donors (Lipinski definition) is 2. The van der Waals surface area contributed by atoms with Gasteiger partial charge in [-0.15, -0.1) is 0 Å². The van der Waals surface area contributed by atoms with E-state index >= 15 is 0 Å². The van der Waals surface area contributed by atoms with Gasteiger partial charge in [-0.05, 0) is 18.8 Å². The van der Waals surface area contributed by atoms with Crippen molar-refractivity contribution in [2.24, 2.45) is 16.6 Å². The Kier molecular flexibility index (Phi) is 1.29. The maximum absolute atomic E-state index is 5.53. The maximum Gasteiger partial charge on any atom is 0.188 e. The Morgan fingerprint density at radius 2 is 2.40 bits per heavy atom. The van der Waals surface area contributed by atoms with E-state index in [4.69, 9.17) is 5.73 Å². The van der Waals surface area contributed by atoms with E-state index in [1.807, 2.05) is 0 Å². The summed E-state index contributed by atoms with van der Waals surface area (Å²) in [5.41, 5.74) is 5.53. The van der Waals surface area contributed by atoms with Gasteiger partial charge in [-0.3, -0.25) is 4.99 Å². The van der Waals surface area contributed by atoms with Crippen LogP contribution in [0.25, 0.3) is 0 Å². The van der Waals surface area contributed by atoms with Crippen LogP contribution in [0.2, 0.25) is 0 Å². The fourth-order valence-corrected chi connectivity index (χ4v) is 1.90. The molecule has 0 amide bonds. The molecular formula is C7H13N3. The highest BCUT2D eigenvalue weighted by atomic mass is 15.1. The summed E-state index contributed by atoms with van der Waals surface area (Å²) in [7, 11) is 0. The molecule has 10 heavy (non-hydrogen) atoms. The summed E-state index contributed by atoms with van der Waals surface area (Å²) in [5.74, 6) is 1.41. The maximum atomic E-state index is 5.53. The lowest BCUT2D eigenvalue weighted by molar-refractivity contribution is 0.437. The van der Waals surface area contributed by atoms with Crippen LogP contribution in [0, 0.1) is 5.92 Å². The van der Waals surface area contributed by atoms with Crippen LogP contribution in [-0.4, -0.2) is 18.5 Å². The summed E-state index contributed by atoms with van der Waals surface area (Å²) in [5, 5.41) is 3.21. The van der Waals surface area contributed by atoms with Crippen LogP contribution in [0.4, 0.5) is 0 Å². The molecular weight excluding hydrogens is 126 g/mol. The van der Waals surface area contributed by atoms with Gasteiger partial charge in [0.05, 0.1) is 0 Å². The summed E-state index contributed by atoms with van der Waals surface area (Å²) in [6, 6.07) is 0.637. The SMILES string of the molecule is NC1=NCC2CCCC2N1. The van der Waals surface area contributed by atoms with Crippen LogP contribution in [0.3, 0.4) is 0 Å². The van der Waals surface area contributed by atoms with E-state index in [2.05, 4.69) is 10.3 Å². The normalized spacial score (nSPS) is 38.2. The zero-order valence-corrected chi connectivity index (χ0v) is 6.01. The van der Waals surface area contributed by atoms with Crippen molar-refractivity contribution in [1.29, 1.82) is 0 Å². The third-order valence-electron chi connectivity index (χ3n) is 2.49. The van der Waals surface area contributed by atoms with E-state index in [1.54, 1.807) is 0 Å². The third kappa shape index (κ3) is 0.856. The molecule has 56 valence electrons. The standard InChI is InChI=1S/C7H13N3/c8-7-9-4-5-2-1-3-6(5)10-7/h5-6H,1-4H2,(H3,8,9,10). The zero-order valence-electron chi connectivity index (χ0n) is 6.01. The molecule has 3 N–H and O–H groups in total. The first-order valence-corrected chi connectivity index (χ1v) is 3.93. The number of aliphatic imine (C=N–C) groups is 1. The predicted octanol–water partition coefficient (Wildman–Crippen LogP) is 0.0730. The highest BCUT2D eigenvalue weighted by Gasteiger charge is 2.29. The summed E-state index contributed by atoms with van der Waals surface area (Å²) < 4.78 is 0. The largest absolute Gasteiger partial charge is 0.370 e. The average molecular weight is 139 g/mol. The molecule has 0 spiro atoms. The molecule has 0 radical (unpaired) electrons. The number of fused-ring (bicyclic) bond motifs is 1. The van der Waals surface area contributed by atoms with Crippen LogP contribution in [-0.2, 0) is 0 Å². The van der Waals surface area contributed by atoms with Crippen LogP contribution in [0.1, 0.15) is 19.3 Å². The molecule has 1 aliphatic carbocycles. The minimum Gasteiger partial charge on any atom is -0.370 e. The highest BCUT2D eigenvalue weighted by molar-refractivity contribution is 5.78. The average Bonchev–Trinajstić information content (AvgIpc) is 2.33. The second-order valence-corrected chi connectivity index (χ2v) is 3.17. The third-order valence-corrected chi connectivity index (χ3v) is 2.49.